The van der Waals surface area contributed by atoms with Gasteiger partial charge in [0.25, 0.3) is 0 Å². The molecule has 0 bridgehead atoms. The van der Waals surface area contributed by atoms with Crippen LogP contribution in [0.4, 0.5) is 4.39 Å². The molecule has 0 amide bonds. The van der Waals surface area contributed by atoms with Gasteiger partial charge in [-0.05, 0) is 38.5 Å². The number of hydrogen-bond acceptors (Lipinski definition) is 3. The van der Waals surface area contributed by atoms with Crippen LogP contribution >= 0.6 is 0 Å². The van der Waals surface area contributed by atoms with Crippen LogP contribution in [0.1, 0.15) is 26.3 Å². The molecule has 0 heterocycles. The van der Waals surface area contributed by atoms with E-state index in [2.05, 4.69) is 5.32 Å². The Morgan fingerprint density at radius 1 is 1.50 bits per heavy atom. The minimum absolute atomic E-state index is 0.207. The molecule has 18 heavy (non-hydrogen) atoms. The van der Waals surface area contributed by atoms with E-state index in [9.17, 15) is 9.18 Å². The second-order valence-electron chi connectivity index (χ2n) is 4.48. The molecule has 0 unspecified atom stereocenters. The summed E-state index contributed by atoms with van der Waals surface area (Å²) in [5.74, 6) is -1.18. The minimum atomic E-state index is -1.05. The Kier molecular flexibility index (Phi) is 4.67. The molecule has 0 aliphatic carbocycles. The third-order valence-electron chi connectivity index (χ3n) is 2.57. The van der Waals surface area contributed by atoms with Gasteiger partial charge in [0.05, 0.1) is 6.61 Å². The summed E-state index contributed by atoms with van der Waals surface area (Å²) < 4.78 is 18.6. The van der Waals surface area contributed by atoms with Crippen LogP contribution in [0, 0.1) is 5.82 Å². The number of carbonyl (C=O) groups is 1. The number of carboxylic acids is 1. The van der Waals surface area contributed by atoms with Crippen LogP contribution in [-0.2, 0) is 11.3 Å². The molecule has 4 nitrogen and oxygen atoms in total. The van der Waals surface area contributed by atoms with E-state index in [-0.39, 0.29) is 12.3 Å². The fraction of sp³-hybridized carbons (Fsp3) is 0.462. The largest absolute Gasteiger partial charge is 0.491 e. The maximum Gasteiger partial charge on any atom is 0.323 e. The molecule has 0 atom stereocenters. The molecule has 2 N–H and O–H groups in total. The predicted molar refractivity (Wildman–Crippen MR) is 66.1 cm³/mol. The van der Waals surface area contributed by atoms with Crippen LogP contribution in [0.2, 0.25) is 0 Å². The van der Waals surface area contributed by atoms with Crippen LogP contribution in [-0.4, -0.2) is 23.2 Å². The smallest absolute Gasteiger partial charge is 0.323 e. The Balaban J connectivity index is 2.69. The molecule has 0 spiro atoms. The molecule has 0 aliphatic heterocycles. The van der Waals surface area contributed by atoms with Gasteiger partial charge in [-0.3, -0.25) is 10.1 Å². The summed E-state index contributed by atoms with van der Waals surface area (Å²) in [6.07, 6.45) is 0. The summed E-state index contributed by atoms with van der Waals surface area (Å²) in [5.41, 5.74) is -0.375. The quantitative estimate of drug-likeness (QED) is 0.818. The van der Waals surface area contributed by atoms with Crippen molar-refractivity contribution >= 4 is 5.97 Å². The fourth-order valence-corrected chi connectivity index (χ4v) is 1.33. The van der Waals surface area contributed by atoms with Gasteiger partial charge in [-0.2, -0.15) is 0 Å². The van der Waals surface area contributed by atoms with Crippen LogP contribution in [0.3, 0.4) is 0 Å². The number of benzene rings is 1. The second kappa shape index (κ2) is 5.82. The van der Waals surface area contributed by atoms with E-state index in [0.29, 0.717) is 12.2 Å². The van der Waals surface area contributed by atoms with Crippen LogP contribution < -0.4 is 10.1 Å². The molecular weight excluding hydrogens is 237 g/mol. The summed E-state index contributed by atoms with van der Waals surface area (Å²) in [5, 5.41) is 11.8. The van der Waals surface area contributed by atoms with E-state index < -0.39 is 17.3 Å². The van der Waals surface area contributed by atoms with Crippen molar-refractivity contribution in [3.05, 3.63) is 29.6 Å². The number of aliphatic carboxylic acids is 1. The number of carboxylic acid groups (broad SMARTS) is 1. The first kappa shape index (κ1) is 14.4. The van der Waals surface area contributed by atoms with Gasteiger partial charge in [0, 0.05) is 6.54 Å². The van der Waals surface area contributed by atoms with Gasteiger partial charge in [0.1, 0.15) is 5.54 Å². The van der Waals surface area contributed by atoms with Gasteiger partial charge < -0.3 is 9.84 Å². The third-order valence-corrected chi connectivity index (χ3v) is 2.57. The third kappa shape index (κ3) is 3.70. The molecule has 0 fully saturated rings. The molecule has 0 aliphatic rings. The minimum Gasteiger partial charge on any atom is -0.491 e. The summed E-state index contributed by atoms with van der Waals surface area (Å²) >= 11 is 0. The van der Waals surface area contributed by atoms with E-state index in [1.165, 1.54) is 6.07 Å². The lowest BCUT2D eigenvalue weighted by Gasteiger charge is -2.21. The van der Waals surface area contributed by atoms with Gasteiger partial charge >= 0.3 is 5.97 Å². The SMILES string of the molecule is CCOc1ccc(CNC(C)(C)C(=O)O)cc1F. The Bertz CT molecular complexity index is 432. The average Bonchev–Trinajstić information content (AvgIpc) is 2.30. The van der Waals surface area contributed by atoms with Gasteiger partial charge in [-0.1, -0.05) is 6.07 Å². The molecule has 5 heteroatoms. The van der Waals surface area contributed by atoms with Gasteiger partial charge in [0.2, 0.25) is 0 Å². The zero-order valence-corrected chi connectivity index (χ0v) is 10.8. The van der Waals surface area contributed by atoms with Crippen molar-refractivity contribution in [2.75, 3.05) is 6.61 Å². The topological polar surface area (TPSA) is 58.6 Å². The predicted octanol–water partition coefficient (Wildman–Crippen LogP) is 2.18. The Labute approximate surface area is 106 Å². The fourth-order valence-electron chi connectivity index (χ4n) is 1.33. The van der Waals surface area contributed by atoms with Gasteiger partial charge in [0.15, 0.2) is 11.6 Å². The maximum atomic E-state index is 13.5. The Morgan fingerprint density at radius 2 is 2.17 bits per heavy atom. The van der Waals surface area contributed by atoms with E-state index in [1.807, 2.05) is 0 Å². The Hall–Kier alpha value is -1.62. The van der Waals surface area contributed by atoms with Crippen molar-refractivity contribution in [2.45, 2.75) is 32.9 Å². The Morgan fingerprint density at radius 3 is 2.67 bits per heavy atom. The van der Waals surface area contributed by atoms with Crippen molar-refractivity contribution in [2.24, 2.45) is 0 Å². The van der Waals surface area contributed by atoms with E-state index in [0.717, 1.165) is 0 Å². The van der Waals surface area contributed by atoms with Crippen molar-refractivity contribution in [3.8, 4) is 5.75 Å². The van der Waals surface area contributed by atoms with Crippen molar-refractivity contribution < 1.29 is 19.0 Å². The van der Waals surface area contributed by atoms with Gasteiger partial charge in [-0.25, -0.2) is 4.39 Å². The van der Waals surface area contributed by atoms with Crippen molar-refractivity contribution in [1.29, 1.82) is 0 Å². The molecule has 1 aromatic carbocycles. The highest BCUT2D eigenvalue weighted by Gasteiger charge is 2.25. The lowest BCUT2D eigenvalue weighted by molar-refractivity contribution is -0.143. The highest BCUT2D eigenvalue weighted by atomic mass is 19.1. The van der Waals surface area contributed by atoms with Crippen LogP contribution in [0.25, 0.3) is 0 Å². The first-order valence-corrected chi connectivity index (χ1v) is 5.76. The van der Waals surface area contributed by atoms with E-state index in [1.54, 1.807) is 32.9 Å². The molecule has 0 saturated carbocycles. The monoisotopic (exact) mass is 255 g/mol. The van der Waals surface area contributed by atoms with Crippen molar-refractivity contribution in [1.82, 2.24) is 5.32 Å². The summed E-state index contributed by atoms with van der Waals surface area (Å²) in [7, 11) is 0. The highest BCUT2D eigenvalue weighted by Crippen LogP contribution is 2.18. The average molecular weight is 255 g/mol. The molecular formula is C13H18FNO3. The molecule has 100 valence electrons. The molecule has 1 aromatic rings. The first-order chi connectivity index (χ1) is 8.36. The zero-order valence-electron chi connectivity index (χ0n) is 10.8. The number of nitrogens with one attached hydrogen (secondary N) is 1. The molecule has 1 rings (SSSR count). The summed E-state index contributed by atoms with van der Waals surface area (Å²) in [6, 6.07) is 4.60. The van der Waals surface area contributed by atoms with E-state index >= 15 is 0 Å². The van der Waals surface area contributed by atoms with Gasteiger partial charge in [-0.15, -0.1) is 0 Å². The standard InChI is InChI=1S/C13H18FNO3/c1-4-18-11-6-5-9(7-10(11)14)8-15-13(2,3)12(16)17/h5-7,15H,4,8H2,1-3H3,(H,16,17). The number of rotatable bonds is 6. The lowest BCUT2D eigenvalue weighted by atomic mass is 10.1. The summed E-state index contributed by atoms with van der Waals surface area (Å²) in [4.78, 5) is 10.9. The number of hydrogen-bond donors (Lipinski definition) is 2. The zero-order chi connectivity index (χ0) is 13.8. The maximum absolute atomic E-state index is 13.5. The molecule has 0 aromatic heterocycles. The van der Waals surface area contributed by atoms with Crippen molar-refractivity contribution in [3.63, 3.8) is 0 Å². The number of halogens is 1. The molecule has 0 radical (unpaired) electrons. The second-order valence-corrected chi connectivity index (χ2v) is 4.48. The lowest BCUT2D eigenvalue weighted by Crippen LogP contribution is -2.46. The first-order valence-electron chi connectivity index (χ1n) is 5.76. The van der Waals surface area contributed by atoms with Crippen LogP contribution in [0.15, 0.2) is 18.2 Å². The molecule has 0 saturated heterocycles. The number of ether oxygens (including phenoxy) is 1. The highest BCUT2D eigenvalue weighted by molar-refractivity contribution is 5.77. The van der Waals surface area contributed by atoms with E-state index in [4.69, 9.17) is 9.84 Å². The van der Waals surface area contributed by atoms with Crippen LogP contribution in [0.5, 0.6) is 5.75 Å². The normalized spacial score (nSPS) is 11.3. The summed E-state index contributed by atoms with van der Waals surface area (Å²) in [6.45, 7) is 5.58.